The minimum atomic E-state index is -0.241. The molecular weight excluding hydrogens is 224 g/mol. The Kier molecular flexibility index (Phi) is 3.93. The van der Waals surface area contributed by atoms with Crippen molar-refractivity contribution in [3.05, 3.63) is 21.9 Å². The predicted molar refractivity (Wildman–Crippen MR) is 63.0 cm³/mol. The van der Waals surface area contributed by atoms with E-state index in [9.17, 15) is 4.79 Å². The van der Waals surface area contributed by atoms with Gasteiger partial charge in [0.2, 0.25) is 0 Å². The van der Waals surface area contributed by atoms with Gasteiger partial charge in [0, 0.05) is 11.5 Å². The maximum absolute atomic E-state index is 11.2. The Morgan fingerprint density at radius 3 is 3.06 bits per heavy atom. The van der Waals surface area contributed by atoms with E-state index in [1.54, 1.807) is 6.07 Å². The maximum atomic E-state index is 11.2. The Balaban J connectivity index is 1.71. The van der Waals surface area contributed by atoms with Crippen LogP contribution < -0.4 is 11.3 Å². The highest BCUT2D eigenvalue weighted by Crippen LogP contribution is 2.32. The molecule has 1 aliphatic carbocycles. The largest absolute Gasteiger partial charge is 0.376 e. The topological polar surface area (TPSA) is 64.3 Å². The predicted octanol–water partition coefficient (Wildman–Crippen LogP) is 1.67. The average Bonchev–Trinajstić information content (AvgIpc) is 3.01. The average molecular weight is 240 g/mol. The molecule has 0 aliphatic heterocycles. The number of nitrogen functional groups attached to an aromatic ring is 1. The van der Waals surface area contributed by atoms with E-state index in [1.165, 1.54) is 30.6 Å². The van der Waals surface area contributed by atoms with Gasteiger partial charge in [0.1, 0.15) is 0 Å². The van der Waals surface area contributed by atoms with Gasteiger partial charge in [-0.25, -0.2) is 5.84 Å². The standard InChI is InChI=1S/C11H16N2O2S/c12-13-11(14)10-4-3-9(16-10)7-15-6-5-8-1-2-8/h3-4,8H,1-2,5-7,12H2,(H,13,14). The van der Waals surface area contributed by atoms with Gasteiger partial charge in [-0.05, 0) is 24.5 Å². The van der Waals surface area contributed by atoms with E-state index < -0.39 is 0 Å². The number of hydrazine groups is 1. The first-order valence-electron chi connectivity index (χ1n) is 5.47. The van der Waals surface area contributed by atoms with Crippen LogP contribution in [0.15, 0.2) is 12.1 Å². The summed E-state index contributed by atoms with van der Waals surface area (Å²) in [6.45, 7) is 1.41. The fraction of sp³-hybridized carbons (Fsp3) is 0.545. The molecule has 1 fully saturated rings. The van der Waals surface area contributed by atoms with Crippen molar-refractivity contribution in [2.24, 2.45) is 11.8 Å². The van der Waals surface area contributed by atoms with Crippen LogP contribution in [0.2, 0.25) is 0 Å². The summed E-state index contributed by atoms with van der Waals surface area (Å²) in [4.78, 5) is 12.9. The van der Waals surface area contributed by atoms with Gasteiger partial charge in [-0.2, -0.15) is 0 Å². The Hall–Kier alpha value is -0.910. The molecule has 3 N–H and O–H groups in total. The van der Waals surface area contributed by atoms with Crippen molar-refractivity contribution in [1.29, 1.82) is 0 Å². The first kappa shape index (κ1) is 11.6. The van der Waals surface area contributed by atoms with Crippen molar-refractivity contribution in [1.82, 2.24) is 5.43 Å². The highest BCUT2D eigenvalue weighted by molar-refractivity contribution is 7.14. The number of ether oxygens (including phenoxy) is 1. The van der Waals surface area contributed by atoms with E-state index in [-0.39, 0.29) is 5.91 Å². The zero-order valence-electron chi connectivity index (χ0n) is 9.07. The lowest BCUT2D eigenvalue weighted by molar-refractivity contribution is 0.0957. The lowest BCUT2D eigenvalue weighted by atomic mass is 10.3. The summed E-state index contributed by atoms with van der Waals surface area (Å²) in [5, 5.41) is 0. The number of hydrogen-bond acceptors (Lipinski definition) is 4. The minimum Gasteiger partial charge on any atom is -0.376 e. The van der Waals surface area contributed by atoms with Gasteiger partial charge in [-0.3, -0.25) is 10.2 Å². The molecule has 4 nitrogen and oxygen atoms in total. The molecule has 1 aromatic rings. The zero-order valence-corrected chi connectivity index (χ0v) is 9.89. The van der Waals surface area contributed by atoms with Gasteiger partial charge < -0.3 is 4.74 Å². The molecule has 0 bridgehead atoms. The Morgan fingerprint density at radius 1 is 1.56 bits per heavy atom. The second-order valence-corrected chi connectivity index (χ2v) is 5.19. The van der Waals surface area contributed by atoms with E-state index in [2.05, 4.69) is 5.43 Å². The molecule has 5 heteroatoms. The second-order valence-electron chi connectivity index (χ2n) is 4.02. The second kappa shape index (κ2) is 5.43. The molecule has 1 aromatic heterocycles. The van der Waals surface area contributed by atoms with Crippen LogP contribution >= 0.6 is 11.3 Å². The summed E-state index contributed by atoms with van der Waals surface area (Å²) in [6.07, 6.45) is 3.90. The third-order valence-electron chi connectivity index (χ3n) is 2.63. The molecule has 1 saturated carbocycles. The van der Waals surface area contributed by atoms with Crippen molar-refractivity contribution >= 4 is 17.2 Å². The van der Waals surface area contributed by atoms with Crippen molar-refractivity contribution < 1.29 is 9.53 Å². The number of nitrogens with one attached hydrogen (secondary N) is 1. The van der Waals surface area contributed by atoms with E-state index >= 15 is 0 Å². The number of carbonyl (C=O) groups excluding carboxylic acids is 1. The molecule has 0 radical (unpaired) electrons. The summed E-state index contributed by atoms with van der Waals surface area (Å²) in [5.41, 5.74) is 2.12. The monoisotopic (exact) mass is 240 g/mol. The third-order valence-corrected chi connectivity index (χ3v) is 3.69. The molecule has 1 aliphatic rings. The van der Waals surface area contributed by atoms with E-state index in [1.807, 2.05) is 6.07 Å². The molecule has 0 unspecified atom stereocenters. The van der Waals surface area contributed by atoms with Crippen LogP contribution in [0.25, 0.3) is 0 Å². The van der Waals surface area contributed by atoms with Gasteiger partial charge in [0.05, 0.1) is 11.5 Å². The summed E-state index contributed by atoms with van der Waals surface area (Å²) in [5.74, 6) is 5.71. The summed E-state index contributed by atoms with van der Waals surface area (Å²) >= 11 is 1.42. The fourth-order valence-electron chi connectivity index (χ4n) is 1.48. The number of hydrogen-bond donors (Lipinski definition) is 2. The van der Waals surface area contributed by atoms with Gasteiger partial charge in [-0.1, -0.05) is 12.8 Å². The van der Waals surface area contributed by atoms with Gasteiger partial charge in [-0.15, -0.1) is 11.3 Å². The molecule has 1 heterocycles. The number of nitrogens with two attached hydrogens (primary N) is 1. The number of rotatable bonds is 6. The normalized spacial score (nSPS) is 15.1. The van der Waals surface area contributed by atoms with E-state index in [0.717, 1.165) is 17.4 Å². The van der Waals surface area contributed by atoms with Crippen molar-refractivity contribution in [3.63, 3.8) is 0 Å². The molecule has 0 spiro atoms. The summed E-state index contributed by atoms with van der Waals surface area (Å²) in [7, 11) is 0. The quantitative estimate of drug-likeness (QED) is 0.344. The highest BCUT2D eigenvalue weighted by Gasteiger charge is 2.20. The zero-order chi connectivity index (χ0) is 11.4. The van der Waals surface area contributed by atoms with Crippen LogP contribution in [0.3, 0.4) is 0 Å². The lowest BCUT2D eigenvalue weighted by Crippen LogP contribution is -2.29. The van der Waals surface area contributed by atoms with E-state index in [0.29, 0.717) is 11.5 Å². The van der Waals surface area contributed by atoms with Crippen LogP contribution in [0, 0.1) is 5.92 Å². The molecular formula is C11H16N2O2S. The molecule has 0 saturated heterocycles. The van der Waals surface area contributed by atoms with Crippen molar-refractivity contribution in [2.45, 2.75) is 25.9 Å². The smallest absolute Gasteiger partial charge is 0.275 e. The van der Waals surface area contributed by atoms with Crippen LogP contribution in [0.1, 0.15) is 33.8 Å². The van der Waals surface area contributed by atoms with Crippen LogP contribution in [0.4, 0.5) is 0 Å². The Morgan fingerprint density at radius 2 is 2.38 bits per heavy atom. The van der Waals surface area contributed by atoms with E-state index in [4.69, 9.17) is 10.6 Å². The van der Waals surface area contributed by atoms with Crippen molar-refractivity contribution in [3.8, 4) is 0 Å². The minimum absolute atomic E-state index is 0.241. The molecule has 0 atom stereocenters. The van der Waals surface area contributed by atoms with Crippen LogP contribution in [-0.4, -0.2) is 12.5 Å². The third kappa shape index (κ3) is 3.30. The molecule has 2 rings (SSSR count). The number of carbonyl (C=O) groups is 1. The molecule has 0 aromatic carbocycles. The highest BCUT2D eigenvalue weighted by atomic mass is 32.1. The number of amides is 1. The van der Waals surface area contributed by atoms with Gasteiger partial charge >= 0.3 is 0 Å². The Bertz CT molecular complexity index is 361. The first-order chi connectivity index (χ1) is 7.79. The van der Waals surface area contributed by atoms with Crippen LogP contribution in [0.5, 0.6) is 0 Å². The lowest BCUT2D eigenvalue weighted by Gasteiger charge is -2.00. The van der Waals surface area contributed by atoms with Crippen LogP contribution in [-0.2, 0) is 11.3 Å². The summed E-state index contributed by atoms with van der Waals surface area (Å²) in [6, 6.07) is 3.68. The van der Waals surface area contributed by atoms with Gasteiger partial charge in [0.15, 0.2) is 0 Å². The first-order valence-corrected chi connectivity index (χ1v) is 6.28. The van der Waals surface area contributed by atoms with Gasteiger partial charge in [0.25, 0.3) is 5.91 Å². The fourth-order valence-corrected chi connectivity index (χ4v) is 2.33. The molecule has 16 heavy (non-hydrogen) atoms. The SMILES string of the molecule is NNC(=O)c1ccc(COCCC2CC2)s1. The summed E-state index contributed by atoms with van der Waals surface area (Å²) < 4.78 is 5.54. The molecule has 1 amide bonds. The number of thiophene rings is 1. The maximum Gasteiger partial charge on any atom is 0.275 e. The Labute approximate surface area is 98.8 Å². The van der Waals surface area contributed by atoms with Crippen molar-refractivity contribution in [2.75, 3.05) is 6.61 Å². The molecule has 88 valence electrons.